The molecule has 2 aromatic heterocycles. The van der Waals surface area contributed by atoms with Crippen LogP contribution in [0.1, 0.15) is 26.3 Å². The summed E-state index contributed by atoms with van der Waals surface area (Å²) in [6.45, 7) is 6.04. The molecule has 9 heteroatoms. The van der Waals surface area contributed by atoms with E-state index in [2.05, 4.69) is 28.5 Å². The van der Waals surface area contributed by atoms with Gasteiger partial charge in [0.15, 0.2) is 5.82 Å². The van der Waals surface area contributed by atoms with Crippen molar-refractivity contribution in [2.75, 3.05) is 18.1 Å². The lowest BCUT2D eigenvalue weighted by Crippen LogP contribution is -2.52. The molecular weight excluding hydrogens is 372 g/mol. The van der Waals surface area contributed by atoms with Crippen molar-refractivity contribution in [1.29, 1.82) is 0 Å². The Morgan fingerprint density at radius 1 is 1.28 bits per heavy atom. The van der Waals surface area contributed by atoms with Crippen LogP contribution in [0.5, 0.6) is 5.75 Å². The number of hydrogen-bond acceptors (Lipinski definition) is 6. The summed E-state index contributed by atoms with van der Waals surface area (Å²) in [7, 11) is 0. The zero-order valence-electron chi connectivity index (χ0n) is 16.3. The number of nitrogens with zero attached hydrogens (tertiary/aromatic N) is 6. The van der Waals surface area contributed by atoms with Crippen LogP contribution in [0.15, 0.2) is 30.7 Å². The molecule has 0 aliphatic carbocycles. The van der Waals surface area contributed by atoms with Gasteiger partial charge in [-0.15, -0.1) is 0 Å². The standard InChI is InChI=1S/C20H22N6O3/c1-12(2)26-19(21-11-22-26)15-10-24-7-8-29-17-9-13(3-4-14(17)18(24)23-15)25-6-5-16(25)20(27)28/h3-4,9-12,16H,5-8H2,1-2H3,(H,27,28)/t16-/m0/s1. The zero-order valence-corrected chi connectivity index (χ0v) is 16.3. The van der Waals surface area contributed by atoms with Crippen molar-refractivity contribution >= 4 is 11.7 Å². The number of carboxylic acid groups (broad SMARTS) is 1. The van der Waals surface area contributed by atoms with Crippen molar-refractivity contribution in [1.82, 2.24) is 24.3 Å². The van der Waals surface area contributed by atoms with Crippen LogP contribution in [0.25, 0.3) is 22.9 Å². The molecular formula is C20H22N6O3. The molecule has 5 rings (SSSR count). The van der Waals surface area contributed by atoms with Gasteiger partial charge in [0.2, 0.25) is 0 Å². The predicted molar refractivity (Wildman–Crippen MR) is 106 cm³/mol. The molecule has 0 amide bonds. The Bertz CT molecular complexity index is 1090. The lowest BCUT2D eigenvalue weighted by Gasteiger charge is -2.40. The second-order valence-corrected chi connectivity index (χ2v) is 7.63. The molecule has 1 fully saturated rings. The normalized spacial score (nSPS) is 17.9. The number of anilines is 1. The van der Waals surface area contributed by atoms with E-state index in [1.54, 1.807) is 6.33 Å². The Kier molecular flexibility index (Phi) is 4.04. The van der Waals surface area contributed by atoms with E-state index in [1.165, 1.54) is 0 Å². The first-order valence-corrected chi connectivity index (χ1v) is 9.76. The molecule has 150 valence electrons. The third-order valence-electron chi connectivity index (χ3n) is 5.50. The average Bonchev–Trinajstić information content (AvgIpc) is 3.24. The van der Waals surface area contributed by atoms with Crippen LogP contribution in [-0.2, 0) is 11.3 Å². The Hall–Kier alpha value is -3.36. The zero-order chi connectivity index (χ0) is 20.1. The van der Waals surface area contributed by atoms with E-state index < -0.39 is 12.0 Å². The van der Waals surface area contributed by atoms with Crippen LogP contribution in [0.3, 0.4) is 0 Å². The number of ether oxygens (including phenoxy) is 1. The number of carbonyl (C=O) groups is 1. The molecule has 0 saturated carbocycles. The molecule has 1 saturated heterocycles. The number of hydrogen-bond donors (Lipinski definition) is 1. The van der Waals surface area contributed by atoms with Crippen molar-refractivity contribution in [3.05, 3.63) is 30.7 Å². The number of aromatic nitrogens is 5. The van der Waals surface area contributed by atoms with E-state index in [1.807, 2.05) is 34.0 Å². The number of benzene rings is 1. The third kappa shape index (κ3) is 2.84. The highest BCUT2D eigenvalue weighted by Gasteiger charge is 2.34. The number of rotatable bonds is 4. The van der Waals surface area contributed by atoms with Gasteiger partial charge in [0.25, 0.3) is 0 Å². The first-order chi connectivity index (χ1) is 14.0. The predicted octanol–water partition coefficient (Wildman–Crippen LogP) is 2.45. The highest BCUT2D eigenvalue weighted by atomic mass is 16.5. The van der Waals surface area contributed by atoms with Gasteiger partial charge in [0.05, 0.1) is 12.1 Å². The Labute approximate surface area is 167 Å². The molecule has 29 heavy (non-hydrogen) atoms. The molecule has 4 heterocycles. The van der Waals surface area contributed by atoms with Gasteiger partial charge in [-0.2, -0.15) is 5.10 Å². The fourth-order valence-electron chi connectivity index (χ4n) is 3.92. The quantitative estimate of drug-likeness (QED) is 0.726. The van der Waals surface area contributed by atoms with Crippen LogP contribution >= 0.6 is 0 Å². The van der Waals surface area contributed by atoms with Gasteiger partial charge in [-0.3, -0.25) is 0 Å². The summed E-state index contributed by atoms with van der Waals surface area (Å²) in [5.41, 5.74) is 2.53. The molecule has 0 spiro atoms. The first-order valence-electron chi connectivity index (χ1n) is 9.76. The largest absolute Gasteiger partial charge is 0.491 e. The molecule has 0 unspecified atom stereocenters. The minimum absolute atomic E-state index is 0.186. The van der Waals surface area contributed by atoms with Crippen molar-refractivity contribution in [3.8, 4) is 28.7 Å². The van der Waals surface area contributed by atoms with Crippen LogP contribution in [0.4, 0.5) is 5.69 Å². The van der Waals surface area contributed by atoms with E-state index in [4.69, 9.17) is 9.72 Å². The van der Waals surface area contributed by atoms with Gasteiger partial charge in [-0.05, 0) is 32.4 Å². The average molecular weight is 394 g/mol. The maximum atomic E-state index is 11.4. The molecule has 3 aromatic rings. The van der Waals surface area contributed by atoms with Crippen molar-refractivity contribution < 1.29 is 14.6 Å². The SMILES string of the molecule is CC(C)n1ncnc1-c1cn2c(n1)-c1ccc(N3CC[C@H]3C(=O)O)cc1OCC2. The van der Waals surface area contributed by atoms with E-state index in [-0.39, 0.29) is 6.04 Å². The molecule has 0 radical (unpaired) electrons. The van der Waals surface area contributed by atoms with Crippen LogP contribution in [0, 0.1) is 0 Å². The fraction of sp³-hybridized carbons (Fsp3) is 0.400. The molecule has 0 bridgehead atoms. The highest BCUT2D eigenvalue weighted by Crippen LogP contribution is 2.38. The summed E-state index contributed by atoms with van der Waals surface area (Å²) in [6, 6.07) is 5.55. The highest BCUT2D eigenvalue weighted by molar-refractivity contribution is 5.81. The molecule has 1 aromatic carbocycles. The van der Waals surface area contributed by atoms with Gasteiger partial charge < -0.3 is 19.3 Å². The maximum absolute atomic E-state index is 11.4. The van der Waals surface area contributed by atoms with E-state index in [9.17, 15) is 9.90 Å². The summed E-state index contributed by atoms with van der Waals surface area (Å²) >= 11 is 0. The minimum Gasteiger partial charge on any atom is -0.491 e. The molecule has 9 nitrogen and oxygen atoms in total. The lowest BCUT2D eigenvalue weighted by molar-refractivity contribution is -0.139. The molecule has 1 N–H and O–H groups in total. The van der Waals surface area contributed by atoms with Crippen LogP contribution < -0.4 is 9.64 Å². The van der Waals surface area contributed by atoms with Crippen molar-refractivity contribution in [3.63, 3.8) is 0 Å². The first kappa shape index (κ1) is 17.7. The van der Waals surface area contributed by atoms with E-state index in [0.29, 0.717) is 19.6 Å². The fourth-order valence-corrected chi connectivity index (χ4v) is 3.92. The van der Waals surface area contributed by atoms with Gasteiger partial charge in [-0.25, -0.2) is 19.4 Å². The van der Waals surface area contributed by atoms with Gasteiger partial charge >= 0.3 is 5.97 Å². The third-order valence-corrected chi connectivity index (χ3v) is 5.50. The van der Waals surface area contributed by atoms with Crippen molar-refractivity contribution in [2.45, 2.75) is 38.9 Å². The van der Waals surface area contributed by atoms with Crippen LogP contribution in [-0.4, -0.2) is 54.6 Å². The van der Waals surface area contributed by atoms with Gasteiger partial charge in [0.1, 0.15) is 36.2 Å². The number of imidazole rings is 1. The number of carboxylic acids is 1. The summed E-state index contributed by atoms with van der Waals surface area (Å²) in [4.78, 5) is 22.5. The molecule has 2 aliphatic rings. The Morgan fingerprint density at radius 2 is 2.14 bits per heavy atom. The summed E-state index contributed by atoms with van der Waals surface area (Å²) < 4.78 is 9.90. The Balaban J connectivity index is 1.53. The summed E-state index contributed by atoms with van der Waals surface area (Å²) in [5, 5.41) is 13.6. The number of fused-ring (bicyclic) bond motifs is 3. The minimum atomic E-state index is -0.790. The Morgan fingerprint density at radius 3 is 2.86 bits per heavy atom. The second-order valence-electron chi connectivity index (χ2n) is 7.63. The smallest absolute Gasteiger partial charge is 0.326 e. The molecule has 1 atom stereocenters. The van der Waals surface area contributed by atoms with Crippen LogP contribution in [0.2, 0.25) is 0 Å². The summed E-state index contributed by atoms with van der Waals surface area (Å²) in [6.07, 6.45) is 4.20. The van der Waals surface area contributed by atoms with Crippen molar-refractivity contribution in [2.24, 2.45) is 0 Å². The maximum Gasteiger partial charge on any atom is 0.326 e. The van der Waals surface area contributed by atoms with Gasteiger partial charge in [-0.1, -0.05) is 0 Å². The van der Waals surface area contributed by atoms with Gasteiger partial charge in [0, 0.05) is 30.5 Å². The topological polar surface area (TPSA) is 98.3 Å². The number of aliphatic carboxylic acids is 1. The lowest BCUT2D eigenvalue weighted by atomic mass is 10.0. The monoisotopic (exact) mass is 394 g/mol. The second kappa shape index (κ2) is 6.61. The van der Waals surface area contributed by atoms with E-state index >= 15 is 0 Å². The van der Waals surface area contributed by atoms with E-state index in [0.717, 1.165) is 40.9 Å². The summed E-state index contributed by atoms with van der Waals surface area (Å²) in [5.74, 6) is 1.49. The molecule has 2 aliphatic heterocycles.